The average molecular weight is 990 g/mol. The summed E-state index contributed by atoms with van der Waals surface area (Å²) in [5, 5.41) is 17.0. The van der Waals surface area contributed by atoms with Gasteiger partial charge in [0.05, 0.1) is 28.4 Å². The molecule has 0 fully saturated rings. The molecule has 0 saturated heterocycles. The molecule has 6 rings (SSSR count). The average Bonchev–Trinajstić information content (AvgIpc) is 4.00. The maximum Gasteiger partial charge on any atom is 0.506 e. The fourth-order valence-electron chi connectivity index (χ4n) is 4.37. The Balaban J connectivity index is 0.000000229. The second-order valence-corrected chi connectivity index (χ2v) is 17.0. The number of rotatable bonds is 6. The van der Waals surface area contributed by atoms with Crippen LogP contribution < -0.4 is 5.59 Å². The molecular weight excluding hydrogens is 956 g/mol. The van der Waals surface area contributed by atoms with E-state index < -0.39 is 69.4 Å². The van der Waals surface area contributed by atoms with Crippen LogP contribution in [-0.4, -0.2) is 100 Å². The molecule has 15 nitrogen and oxygen atoms in total. The summed E-state index contributed by atoms with van der Waals surface area (Å²) in [6, 6.07) is 11.7. The van der Waals surface area contributed by atoms with Crippen LogP contribution in [0.5, 0.6) is 0 Å². The molecule has 4 N–H and O–H groups in total. The Kier molecular flexibility index (Phi) is 18.0. The third kappa shape index (κ3) is 16.4. The van der Waals surface area contributed by atoms with Gasteiger partial charge in [-0.25, -0.2) is 43.1 Å². The monoisotopic (exact) mass is 989 g/mol. The normalized spacial score (nSPS) is 11.9. The molecule has 29 heteroatoms. The van der Waals surface area contributed by atoms with Crippen molar-refractivity contribution in [1.82, 2.24) is 44.4 Å². The lowest BCUT2D eigenvalue weighted by Crippen LogP contribution is -2.40. The van der Waals surface area contributed by atoms with Crippen LogP contribution in [0.25, 0.3) is 22.8 Å². The number of halogens is 10. The number of ether oxygens (including phenoxy) is 1. The minimum absolute atomic E-state index is 0.0137. The van der Waals surface area contributed by atoms with Crippen molar-refractivity contribution in [1.29, 1.82) is 0 Å². The Morgan fingerprint density at radius 1 is 0.719 bits per heavy atom. The van der Waals surface area contributed by atoms with E-state index in [1.54, 1.807) is 63.7 Å². The predicted octanol–water partition coefficient (Wildman–Crippen LogP) is 7.93. The molecule has 346 valence electrons. The van der Waals surface area contributed by atoms with Gasteiger partial charge in [0.15, 0.2) is 16.0 Å². The minimum Gasteiger partial charge on any atom is -0.443 e. The van der Waals surface area contributed by atoms with Crippen molar-refractivity contribution in [3.63, 3.8) is 0 Å². The molecule has 6 aromatic rings. The van der Waals surface area contributed by atoms with Crippen molar-refractivity contribution in [3.8, 4) is 22.8 Å². The number of nitrogens with one attached hydrogen (secondary N) is 2. The van der Waals surface area contributed by atoms with Gasteiger partial charge in [0.25, 0.3) is 0 Å². The first kappa shape index (κ1) is 53.2. The number of alkyl halides is 9. The van der Waals surface area contributed by atoms with Crippen LogP contribution in [0.2, 0.25) is 5.15 Å². The molecule has 6 aromatic heterocycles. The van der Waals surface area contributed by atoms with Gasteiger partial charge in [-0.1, -0.05) is 35.1 Å². The number of sulfone groups is 1. The van der Waals surface area contributed by atoms with Crippen molar-refractivity contribution in [3.05, 3.63) is 95.4 Å². The molecule has 0 aromatic carbocycles. The molecule has 0 unspecified atom stereocenters. The maximum absolute atomic E-state index is 12.7. The number of aromatic amines is 2. The molecule has 64 heavy (non-hydrogen) atoms. The molecule has 0 saturated carbocycles. The fourth-order valence-corrected chi connectivity index (χ4v) is 5.89. The van der Waals surface area contributed by atoms with E-state index in [4.69, 9.17) is 26.4 Å². The Hall–Kier alpha value is -5.16. The summed E-state index contributed by atoms with van der Waals surface area (Å²) >= 11 is 7.45. The first-order chi connectivity index (χ1) is 29.4. The highest BCUT2D eigenvalue weighted by Gasteiger charge is 2.36. The number of aromatic nitrogens is 9. The van der Waals surface area contributed by atoms with Gasteiger partial charge in [0, 0.05) is 30.9 Å². The van der Waals surface area contributed by atoms with E-state index in [0.717, 1.165) is 40.4 Å². The molecule has 0 atom stereocenters. The van der Waals surface area contributed by atoms with Gasteiger partial charge < -0.3 is 24.8 Å². The van der Waals surface area contributed by atoms with Crippen LogP contribution >= 0.6 is 35.1 Å². The Morgan fingerprint density at radius 2 is 1.17 bits per heavy atom. The second-order valence-electron chi connectivity index (χ2n) is 13.2. The standard InChI is InChI=1S/C10H8F3N3O2S.C10H8F3N3S.C9H14BNO4.C6H4ClF3N2S/c1-19(17,18)9-15-7(6-3-2-4-14-6)5-8(16-9)10(11,12)13;1-17-9-15-7(6-3-2-4-14-6)5-8(16-9)10(11,12)13;1-9(2,3)15-8(12)11-6-4-5-7(11)10(13)14;1-13-5-11-3(6(8,9)10)2-4(7)12-5/h2-5,14H,1H3;2-5,14H,1H3;4-6,13-14H,1-3H3;2H,1H3. The summed E-state index contributed by atoms with van der Waals surface area (Å²) < 4.78 is 141. The summed E-state index contributed by atoms with van der Waals surface area (Å²) in [5.41, 5.74) is -2.85. The molecule has 0 amide bonds. The van der Waals surface area contributed by atoms with Gasteiger partial charge in [0.1, 0.15) is 22.1 Å². The van der Waals surface area contributed by atoms with Gasteiger partial charge in [0.2, 0.25) is 15.0 Å². The highest BCUT2D eigenvalue weighted by molar-refractivity contribution is 7.98. The lowest BCUT2D eigenvalue weighted by Gasteiger charge is -2.20. The van der Waals surface area contributed by atoms with Crippen LogP contribution in [0.4, 0.5) is 44.3 Å². The predicted molar refractivity (Wildman–Crippen MR) is 218 cm³/mol. The zero-order valence-electron chi connectivity index (χ0n) is 33.7. The zero-order chi connectivity index (χ0) is 48.4. The third-order valence-corrected chi connectivity index (χ3v) is 9.17. The zero-order valence-corrected chi connectivity index (χ0v) is 36.9. The number of hydrogen-bond acceptors (Lipinski definition) is 14. The summed E-state index contributed by atoms with van der Waals surface area (Å²) in [6.45, 7) is 5.22. The van der Waals surface area contributed by atoms with Crippen molar-refractivity contribution in [2.45, 2.75) is 60.4 Å². The van der Waals surface area contributed by atoms with Crippen LogP contribution in [-0.2, 0) is 33.1 Å². The van der Waals surface area contributed by atoms with Crippen LogP contribution in [0.1, 0.15) is 37.9 Å². The van der Waals surface area contributed by atoms with Gasteiger partial charge in [-0.2, -0.15) is 39.5 Å². The summed E-state index contributed by atoms with van der Waals surface area (Å²) in [6.07, 6.45) is -5.82. The van der Waals surface area contributed by atoms with E-state index in [1.807, 2.05) is 0 Å². The smallest absolute Gasteiger partial charge is 0.443 e. The van der Waals surface area contributed by atoms with E-state index in [9.17, 15) is 52.7 Å². The van der Waals surface area contributed by atoms with E-state index in [2.05, 4.69) is 39.9 Å². The number of H-pyrrole nitrogens is 2. The fraction of sp³-hybridized carbons (Fsp3) is 0.286. The number of carbonyl (C=O) groups is 1. The molecule has 0 aliphatic rings. The van der Waals surface area contributed by atoms with E-state index in [-0.39, 0.29) is 38.1 Å². The van der Waals surface area contributed by atoms with Crippen LogP contribution in [0.3, 0.4) is 0 Å². The van der Waals surface area contributed by atoms with Crippen LogP contribution in [0.15, 0.2) is 88.7 Å². The molecular formula is C35H34BClF9N9O6S3. The van der Waals surface area contributed by atoms with Crippen molar-refractivity contribution in [2.75, 3.05) is 18.8 Å². The minimum atomic E-state index is -4.75. The summed E-state index contributed by atoms with van der Waals surface area (Å²) in [5.74, 6) is 0. The quantitative estimate of drug-likeness (QED) is 0.0410. The van der Waals surface area contributed by atoms with E-state index in [1.165, 1.54) is 24.5 Å². The van der Waals surface area contributed by atoms with Gasteiger partial charge in [-0.15, -0.1) is 0 Å². The lowest BCUT2D eigenvalue weighted by molar-refractivity contribution is -0.142. The Morgan fingerprint density at radius 3 is 1.58 bits per heavy atom. The van der Waals surface area contributed by atoms with E-state index in [0.29, 0.717) is 17.8 Å². The first-order valence-corrected chi connectivity index (χ1v) is 22.0. The molecule has 0 bridgehead atoms. The summed E-state index contributed by atoms with van der Waals surface area (Å²) in [7, 11) is -5.62. The molecule has 6 heterocycles. The second kappa shape index (κ2) is 21.7. The molecule has 0 spiro atoms. The third-order valence-electron chi connectivity index (χ3n) is 7.04. The first-order valence-electron chi connectivity index (χ1n) is 17.3. The highest BCUT2D eigenvalue weighted by Crippen LogP contribution is 2.33. The number of hydrogen-bond donors (Lipinski definition) is 4. The molecule has 0 aliphatic heterocycles. The van der Waals surface area contributed by atoms with Crippen LogP contribution in [0, 0.1) is 0 Å². The van der Waals surface area contributed by atoms with Crippen molar-refractivity contribution in [2.24, 2.45) is 0 Å². The SMILES string of the molecule is CC(C)(C)OC(=O)n1cccc1B(O)O.CS(=O)(=O)c1nc(-c2ccc[nH]2)cc(C(F)(F)F)n1.CSc1nc(-c2ccc[nH]2)cc(C(F)(F)F)n1.CSc1nc(Cl)cc(C(F)(F)F)n1. The van der Waals surface area contributed by atoms with Crippen molar-refractivity contribution < 1.29 is 67.5 Å². The van der Waals surface area contributed by atoms with Gasteiger partial charge in [-0.05, 0) is 81.8 Å². The van der Waals surface area contributed by atoms with Gasteiger partial charge in [-0.3, -0.25) is 4.57 Å². The van der Waals surface area contributed by atoms with E-state index >= 15 is 0 Å². The van der Waals surface area contributed by atoms with Gasteiger partial charge >= 0.3 is 31.7 Å². The molecule has 0 radical (unpaired) electrons. The number of carbonyl (C=O) groups excluding carboxylic acids is 1. The largest absolute Gasteiger partial charge is 0.506 e. The number of thioether (sulfide) groups is 2. The summed E-state index contributed by atoms with van der Waals surface area (Å²) in [4.78, 5) is 38.0. The van der Waals surface area contributed by atoms with Crippen molar-refractivity contribution >= 4 is 63.8 Å². The molecule has 0 aliphatic carbocycles. The lowest BCUT2D eigenvalue weighted by atomic mass is 9.86. The Bertz CT molecular complexity index is 2570. The number of nitrogens with zero attached hydrogens (tertiary/aromatic N) is 7. The Labute approximate surface area is 371 Å². The topological polar surface area (TPSA) is 215 Å². The highest BCUT2D eigenvalue weighted by atomic mass is 35.5. The maximum atomic E-state index is 12.7.